The molecule has 0 aromatic heterocycles. The van der Waals surface area contributed by atoms with Crippen molar-refractivity contribution in [1.82, 2.24) is 20.4 Å². The maximum absolute atomic E-state index is 16.7. The molecule has 1 spiro atoms. The summed E-state index contributed by atoms with van der Waals surface area (Å²) in [6, 6.07) is 14.1. The van der Waals surface area contributed by atoms with Crippen LogP contribution in [0.3, 0.4) is 0 Å². The summed E-state index contributed by atoms with van der Waals surface area (Å²) in [5.41, 5.74) is 5.47. The number of alkyl halides is 2. The molecule has 69 heavy (non-hydrogen) atoms. The third-order valence-corrected chi connectivity index (χ3v) is 13.8. The lowest BCUT2D eigenvalue weighted by Gasteiger charge is -2.44. The Morgan fingerprint density at radius 2 is 1.23 bits per heavy atom. The molecule has 374 valence electrons. The number of nitrogens with one attached hydrogen (secondary N) is 3. The Balaban J connectivity index is 0.00000222. The lowest BCUT2D eigenvalue weighted by molar-refractivity contribution is -0.135. The number of likely N-dealkylation sites (tertiary alicyclic amines) is 2. The van der Waals surface area contributed by atoms with E-state index >= 15 is 8.78 Å². The van der Waals surface area contributed by atoms with Gasteiger partial charge in [0.2, 0.25) is 11.8 Å². The topological polar surface area (TPSA) is 163 Å². The molecule has 4 atom stereocenters. The molecule has 1 aliphatic carbocycles. The number of anilines is 1. The second-order valence-electron chi connectivity index (χ2n) is 18.5. The fourth-order valence-corrected chi connectivity index (χ4v) is 10.2. The maximum Gasteiger partial charge on any atom is 0.407 e. The zero-order valence-electron chi connectivity index (χ0n) is 39.5. The minimum atomic E-state index is -3.28. The normalized spacial score (nSPS) is 20.6. The summed E-state index contributed by atoms with van der Waals surface area (Å²) in [6.45, 7) is 9.25. The van der Waals surface area contributed by atoms with Crippen molar-refractivity contribution in [2.75, 3.05) is 45.8 Å². The predicted molar refractivity (Wildman–Crippen MR) is 283 cm³/mol. The van der Waals surface area contributed by atoms with Crippen LogP contribution in [0.1, 0.15) is 82.1 Å². The van der Waals surface area contributed by atoms with Crippen LogP contribution in [-0.2, 0) is 35.3 Å². The van der Waals surface area contributed by atoms with Gasteiger partial charge in [-0.1, -0.05) is 64.1 Å². The first-order chi connectivity index (χ1) is 31.1. The van der Waals surface area contributed by atoms with Crippen molar-refractivity contribution in [3.8, 4) is 22.3 Å². The zero-order chi connectivity index (χ0) is 45.9. The van der Waals surface area contributed by atoms with E-state index < -0.39 is 35.7 Å². The third kappa shape index (κ3) is 9.97. The van der Waals surface area contributed by atoms with Gasteiger partial charge in [0.1, 0.15) is 23.5 Å². The molecule has 3 aromatic carbocycles. The second-order valence-corrected chi connectivity index (χ2v) is 18.5. The van der Waals surface area contributed by atoms with E-state index in [1.807, 2.05) is 58.0 Å². The summed E-state index contributed by atoms with van der Waals surface area (Å²) in [5.74, 6) is -3.40. The number of fused-ring (bicyclic) bond motifs is 5. The number of halogens is 2. The molecule has 3 fully saturated rings. The lowest BCUT2D eigenvalue weighted by atomic mass is 9.84. The van der Waals surface area contributed by atoms with Gasteiger partial charge in [-0.2, -0.15) is 62.8 Å². The van der Waals surface area contributed by atoms with Crippen LogP contribution in [0.25, 0.3) is 27.8 Å². The van der Waals surface area contributed by atoms with Crippen LogP contribution < -0.4 is 16.0 Å². The van der Waals surface area contributed by atoms with E-state index in [2.05, 4.69) is 16.0 Å². The van der Waals surface area contributed by atoms with E-state index in [4.69, 9.17) is 24.2 Å². The van der Waals surface area contributed by atoms with Gasteiger partial charge >= 0.3 is 12.2 Å². The van der Waals surface area contributed by atoms with Crippen molar-refractivity contribution < 1.29 is 42.2 Å². The number of hydrogen-bond donors (Lipinski definition) is 3. The van der Waals surface area contributed by atoms with Gasteiger partial charge < -0.3 is 40.0 Å². The highest BCUT2D eigenvalue weighted by molar-refractivity contribution is 7.59. The number of aliphatic imine (C=N–C) groups is 2. The van der Waals surface area contributed by atoms with Crippen LogP contribution in [0.4, 0.5) is 24.1 Å². The van der Waals surface area contributed by atoms with Crippen LogP contribution >= 0.6 is 54.0 Å². The summed E-state index contributed by atoms with van der Waals surface area (Å²) in [6.07, 6.45) is 3.73. The molecular weight excluding hydrogens is 965 g/mol. The van der Waals surface area contributed by atoms with Crippen LogP contribution in [0.15, 0.2) is 70.8 Å². The van der Waals surface area contributed by atoms with Crippen molar-refractivity contribution in [1.29, 1.82) is 0 Å². The molecule has 3 N–H and O–H groups in total. The number of amidine groups is 1. The maximum atomic E-state index is 16.7. The Morgan fingerprint density at radius 1 is 0.725 bits per heavy atom. The Kier molecular flexibility index (Phi) is 17.4. The minimum Gasteiger partial charge on any atom is -0.453 e. The van der Waals surface area contributed by atoms with E-state index in [9.17, 15) is 19.2 Å². The summed E-state index contributed by atoms with van der Waals surface area (Å²) >= 11 is 0. The molecule has 0 bridgehead atoms. The third-order valence-electron chi connectivity index (χ3n) is 13.8. The van der Waals surface area contributed by atoms with Gasteiger partial charge in [0, 0.05) is 53.8 Å². The van der Waals surface area contributed by atoms with E-state index in [1.54, 1.807) is 40.3 Å². The molecule has 20 heteroatoms. The number of allylic oxidation sites excluding steroid dienone is 1. The smallest absolute Gasteiger partial charge is 0.407 e. The van der Waals surface area contributed by atoms with Crippen molar-refractivity contribution in [2.24, 2.45) is 21.8 Å². The van der Waals surface area contributed by atoms with E-state index in [1.165, 1.54) is 14.2 Å². The summed E-state index contributed by atoms with van der Waals surface area (Å²) in [4.78, 5) is 65.3. The average Bonchev–Trinajstić information content (AvgIpc) is 4.12. The van der Waals surface area contributed by atoms with Gasteiger partial charge in [-0.05, 0) is 89.1 Å². The van der Waals surface area contributed by atoms with Crippen molar-refractivity contribution >= 4 is 101 Å². The number of ether oxygens (including phenoxy) is 3. The summed E-state index contributed by atoms with van der Waals surface area (Å²) in [7, 11) is 2.53. The molecule has 4 amide bonds. The van der Waals surface area contributed by atoms with Crippen molar-refractivity contribution in [2.45, 2.75) is 95.4 Å². The number of hydrogen-bond acceptors (Lipinski definition) is 10. The quantitative estimate of drug-likeness (QED) is 0.185. The molecular formula is C49H63F2N7O7S4. The highest BCUT2D eigenvalue weighted by atomic mass is 32.1. The van der Waals surface area contributed by atoms with Crippen molar-refractivity contribution in [3.05, 3.63) is 83.1 Å². The number of nitrogens with zero attached hydrogens (tertiary/aromatic N) is 4. The predicted octanol–water partition coefficient (Wildman–Crippen LogP) is 7.90. The molecule has 3 aromatic rings. The average molecular weight is 1030 g/mol. The minimum absolute atomic E-state index is 0. The molecule has 0 radical (unpaired) electrons. The standard InChI is InChI=1S/C49H55F2N7O7.4H2S/c1-26(2)41(54-46(61)63-5)44(59)57-17-7-9-39(57)38-22-31(23-52-38)29-12-15-33-32-14-11-28(19-35(32)49(50,51)36(33)20-29)30-13-16-34-37(21-30)53-43(56-48(34)24-65-25-48)40-10-8-18-58(40)45(60)42(27(3)4)55-47(62)64-6;;;;/h11-16,19-21,23,26-27,39-42H,7-10,17-18,22,24-25H2,1-6H3,(H,53,56)(H,54,61)(H,55,62);4*1H2/t39-,40-,41-,42-;;;;/m0..../s1. The van der Waals surface area contributed by atoms with E-state index in [-0.39, 0.29) is 101 Å². The number of carbonyl (C=O) groups is 4. The van der Waals surface area contributed by atoms with Crippen LogP contribution in [-0.4, -0.2) is 110 Å². The monoisotopic (exact) mass is 1030 g/mol. The Hall–Kier alpha value is -4.76. The molecule has 0 unspecified atom stereocenters. The number of carbonyl (C=O) groups excluding carboxylic acids is 4. The van der Waals surface area contributed by atoms with Crippen LogP contribution in [0, 0.1) is 11.8 Å². The number of benzene rings is 3. The number of amides is 4. The Morgan fingerprint density at radius 3 is 1.77 bits per heavy atom. The molecule has 14 nitrogen and oxygen atoms in total. The molecule has 5 heterocycles. The van der Waals surface area contributed by atoms with Gasteiger partial charge in [0.15, 0.2) is 0 Å². The first-order valence-corrected chi connectivity index (χ1v) is 22.5. The highest BCUT2D eigenvalue weighted by Gasteiger charge is 2.49. The zero-order valence-corrected chi connectivity index (χ0v) is 43.5. The van der Waals surface area contributed by atoms with Crippen LogP contribution in [0.2, 0.25) is 0 Å². The largest absolute Gasteiger partial charge is 0.453 e. The second kappa shape index (κ2) is 21.7. The molecule has 9 rings (SSSR count). The lowest BCUT2D eigenvalue weighted by Crippen LogP contribution is -2.56. The molecule has 6 aliphatic rings. The van der Waals surface area contributed by atoms with E-state index in [0.717, 1.165) is 47.4 Å². The first kappa shape index (κ1) is 55.2. The first-order valence-electron chi connectivity index (χ1n) is 22.5. The Bertz CT molecular complexity index is 2570. The number of rotatable bonds is 10. The van der Waals surface area contributed by atoms with Gasteiger partial charge in [-0.25, -0.2) is 9.59 Å². The molecule has 5 aliphatic heterocycles. The number of methoxy groups -OCH3 is 2. The van der Waals surface area contributed by atoms with E-state index in [0.29, 0.717) is 67.2 Å². The van der Waals surface area contributed by atoms with Gasteiger partial charge in [-0.3, -0.25) is 19.6 Å². The van der Waals surface area contributed by atoms with Gasteiger partial charge in [0.25, 0.3) is 5.92 Å². The van der Waals surface area contributed by atoms with Crippen molar-refractivity contribution in [3.63, 3.8) is 0 Å². The highest BCUT2D eigenvalue weighted by Crippen LogP contribution is 2.53. The molecule has 3 saturated heterocycles. The number of alkyl carbamates (subject to hydrolysis) is 2. The molecule has 0 saturated carbocycles. The fraction of sp³-hybridized carbons (Fsp3) is 0.469. The van der Waals surface area contributed by atoms with Gasteiger partial charge in [0.05, 0.1) is 39.5 Å². The Labute approximate surface area is 429 Å². The van der Waals surface area contributed by atoms with Gasteiger partial charge in [-0.15, -0.1) is 0 Å². The fourth-order valence-electron chi connectivity index (χ4n) is 10.2. The SMILES string of the molecule is COC(=O)N[C@H](C(=O)N1CCC[C@H]1C1=NC=C(c2ccc3c(c2)C(F)(F)c2cc(-c4ccc5c(c4)NC([C@@H]4CCCN4C(=O)[C@@H](NC(=O)OC)C(C)C)=NC54COC4)ccc2-3)C1)C(C)C.S.S.S.S. The van der Waals surface area contributed by atoms with Crippen LogP contribution in [0.5, 0.6) is 0 Å². The summed E-state index contributed by atoms with van der Waals surface area (Å²) < 4.78 is 48.7. The summed E-state index contributed by atoms with van der Waals surface area (Å²) in [5, 5.41) is 8.90.